The van der Waals surface area contributed by atoms with Crippen molar-refractivity contribution in [3.63, 3.8) is 0 Å². The highest BCUT2D eigenvalue weighted by atomic mass is 19.1. The van der Waals surface area contributed by atoms with Crippen LogP contribution in [0.4, 0.5) is 10.1 Å². The first-order valence-electron chi connectivity index (χ1n) is 7.16. The molecule has 1 unspecified atom stereocenters. The van der Waals surface area contributed by atoms with Gasteiger partial charge in [-0.3, -0.25) is 4.79 Å². The van der Waals surface area contributed by atoms with Gasteiger partial charge in [-0.2, -0.15) is 0 Å². The Labute approximate surface area is 124 Å². The number of ether oxygens (including phenoxy) is 1. The number of piperazine rings is 1. The monoisotopic (exact) mass is 295 g/mol. The summed E-state index contributed by atoms with van der Waals surface area (Å²) in [7, 11) is 1.64. The van der Waals surface area contributed by atoms with Crippen molar-refractivity contribution in [1.29, 1.82) is 0 Å². The predicted octanol–water partition coefficient (Wildman–Crippen LogP) is 0.886. The van der Waals surface area contributed by atoms with Gasteiger partial charge in [0.2, 0.25) is 5.91 Å². The van der Waals surface area contributed by atoms with Crippen LogP contribution in [0.25, 0.3) is 0 Å². The molecule has 6 heteroatoms. The highest BCUT2D eigenvalue weighted by Crippen LogP contribution is 2.23. The fraction of sp³-hybridized carbons (Fsp3) is 0.533. The summed E-state index contributed by atoms with van der Waals surface area (Å²) >= 11 is 0. The minimum Gasteiger partial charge on any atom is -0.383 e. The van der Waals surface area contributed by atoms with E-state index in [9.17, 15) is 9.18 Å². The smallest absolute Gasteiger partial charge is 0.242 e. The van der Waals surface area contributed by atoms with E-state index in [4.69, 9.17) is 4.74 Å². The molecule has 1 atom stereocenters. The van der Waals surface area contributed by atoms with Gasteiger partial charge in [0, 0.05) is 33.3 Å². The third-order valence-electron chi connectivity index (χ3n) is 3.63. The first-order valence-corrected chi connectivity index (χ1v) is 7.16. The molecule has 2 rings (SSSR count). The number of amides is 1. The number of halogens is 1. The number of rotatable bonds is 6. The number of hydrogen-bond acceptors (Lipinski definition) is 4. The van der Waals surface area contributed by atoms with Crippen LogP contribution in [0.5, 0.6) is 0 Å². The van der Waals surface area contributed by atoms with E-state index in [2.05, 4.69) is 10.6 Å². The molecule has 1 fully saturated rings. The number of nitrogens with zero attached hydrogens (tertiary/aromatic N) is 1. The summed E-state index contributed by atoms with van der Waals surface area (Å²) in [5.74, 6) is -0.353. The number of methoxy groups -OCH3 is 1. The molecule has 21 heavy (non-hydrogen) atoms. The number of hydrogen-bond donors (Lipinski definition) is 2. The molecule has 0 spiro atoms. The van der Waals surface area contributed by atoms with Gasteiger partial charge in [-0.05, 0) is 24.6 Å². The van der Waals surface area contributed by atoms with Crippen LogP contribution in [0.3, 0.4) is 0 Å². The van der Waals surface area contributed by atoms with Gasteiger partial charge in [0.25, 0.3) is 0 Å². The van der Waals surface area contributed by atoms with Gasteiger partial charge in [0.05, 0.1) is 12.3 Å². The third-order valence-corrected chi connectivity index (χ3v) is 3.63. The second kappa shape index (κ2) is 7.38. The zero-order valence-electron chi connectivity index (χ0n) is 12.5. The Balaban J connectivity index is 2.03. The number of carbonyl (C=O) groups is 1. The lowest BCUT2D eigenvalue weighted by atomic mass is 10.1. The molecule has 5 nitrogen and oxygen atoms in total. The maximum absolute atomic E-state index is 14.3. The van der Waals surface area contributed by atoms with Crippen LogP contribution in [0.2, 0.25) is 0 Å². The standard InChI is InChI=1S/C15H22FN3O2/c1-11-15(20)18-5-7-19(11)14-4-3-12(9-13(14)16)10-17-6-8-21-2/h3-4,9,11,17H,5-8,10H2,1-2H3,(H,18,20). The Hall–Kier alpha value is -1.66. The summed E-state index contributed by atoms with van der Waals surface area (Å²) in [5, 5.41) is 5.95. The Morgan fingerprint density at radius 3 is 3.05 bits per heavy atom. The van der Waals surface area contributed by atoms with Gasteiger partial charge in [-0.15, -0.1) is 0 Å². The Morgan fingerprint density at radius 1 is 1.52 bits per heavy atom. The maximum Gasteiger partial charge on any atom is 0.242 e. The van der Waals surface area contributed by atoms with E-state index in [0.29, 0.717) is 31.9 Å². The molecule has 116 valence electrons. The molecule has 0 bridgehead atoms. The highest BCUT2D eigenvalue weighted by molar-refractivity contribution is 5.86. The Morgan fingerprint density at radius 2 is 2.33 bits per heavy atom. The molecule has 1 heterocycles. The van der Waals surface area contributed by atoms with Gasteiger partial charge in [0.1, 0.15) is 11.9 Å². The summed E-state index contributed by atoms with van der Waals surface area (Å²) in [6.45, 7) is 4.90. The maximum atomic E-state index is 14.3. The number of benzene rings is 1. The highest BCUT2D eigenvalue weighted by Gasteiger charge is 2.27. The van der Waals surface area contributed by atoms with E-state index >= 15 is 0 Å². The van der Waals surface area contributed by atoms with Crippen LogP contribution in [0, 0.1) is 5.82 Å². The average Bonchev–Trinajstić information content (AvgIpc) is 2.47. The van der Waals surface area contributed by atoms with E-state index in [1.807, 2.05) is 6.07 Å². The fourth-order valence-corrected chi connectivity index (χ4v) is 2.41. The van der Waals surface area contributed by atoms with E-state index in [1.165, 1.54) is 6.07 Å². The zero-order valence-corrected chi connectivity index (χ0v) is 12.5. The van der Waals surface area contributed by atoms with Gasteiger partial charge in [-0.25, -0.2) is 4.39 Å². The van der Waals surface area contributed by atoms with Crippen LogP contribution in [-0.2, 0) is 16.1 Å². The largest absolute Gasteiger partial charge is 0.383 e. The number of nitrogens with one attached hydrogen (secondary N) is 2. The van der Waals surface area contributed by atoms with Crippen molar-refractivity contribution < 1.29 is 13.9 Å². The average molecular weight is 295 g/mol. The molecule has 1 aliphatic heterocycles. The van der Waals surface area contributed by atoms with Crippen LogP contribution < -0.4 is 15.5 Å². The van der Waals surface area contributed by atoms with Crippen LogP contribution >= 0.6 is 0 Å². The van der Waals surface area contributed by atoms with Crippen molar-refractivity contribution in [2.45, 2.75) is 19.5 Å². The lowest BCUT2D eigenvalue weighted by Crippen LogP contribution is -2.54. The summed E-state index contributed by atoms with van der Waals surface area (Å²) in [5.41, 5.74) is 1.36. The second-order valence-electron chi connectivity index (χ2n) is 5.12. The number of carbonyl (C=O) groups excluding carboxylic acids is 1. The topological polar surface area (TPSA) is 53.6 Å². The molecule has 1 saturated heterocycles. The Kier molecular flexibility index (Phi) is 5.52. The van der Waals surface area contributed by atoms with Crippen molar-refractivity contribution in [2.24, 2.45) is 0 Å². The quantitative estimate of drug-likeness (QED) is 0.765. The summed E-state index contributed by atoms with van der Waals surface area (Å²) < 4.78 is 19.2. The minimum absolute atomic E-state index is 0.0639. The zero-order chi connectivity index (χ0) is 15.2. The van der Waals surface area contributed by atoms with Crippen LogP contribution in [-0.4, -0.2) is 45.3 Å². The normalized spacial score (nSPS) is 18.7. The first kappa shape index (κ1) is 15.7. The van der Waals surface area contributed by atoms with E-state index in [0.717, 1.165) is 12.1 Å². The molecule has 1 aromatic carbocycles. The third kappa shape index (κ3) is 3.92. The van der Waals surface area contributed by atoms with E-state index in [1.54, 1.807) is 25.0 Å². The first-order chi connectivity index (χ1) is 10.1. The van der Waals surface area contributed by atoms with Gasteiger partial charge >= 0.3 is 0 Å². The summed E-state index contributed by atoms with van der Waals surface area (Å²) in [6, 6.07) is 4.81. The van der Waals surface area contributed by atoms with Crippen molar-refractivity contribution in [3.05, 3.63) is 29.6 Å². The molecular weight excluding hydrogens is 273 g/mol. The van der Waals surface area contributed by atoms with Crippen molar-refractivity contribution in [3.8, 4) is 0 Å². The van der Waals surface area contributed by atoms with Crippen LogP contribution in [0.15, 0.2) is 18.2 Å². The predicted molar refractivity (Wildman–Crippen MR) is 79.8 cm³/mol. The van der Waals surface area contributed by atoms with Gasteiger partial charge in [-0.1, -0.05) is 6.07 Å². The molecule has 0 saturated carbocycles. The van der Waals surface area contributed by atoms with Crippen molar-refractivity contribution in [1.82, 2.24) is 10.6 Å². The molecule has 0 radical (unpaired) electrons. The number of anilines is 1. The molecular formula is C15H22FN3O2. The summed E-state index contributed by atoms with van der Waals surface area (Å²) in [4.78, 5) is 13.5. The fourth-order valence-electron chi connectivity index (χ4n) is 2.41. The second-order valence-corrected chi connectivity index (χ2v) is 5.12. The molecule has 2 N–H and O–H groups in total. The molecule has 1 aromatic rings. The van der Waals surface area contributed by atoms with E-state index < -0.39 is 0 Å². The SMILES string of the molecule is COCCNCc1ccc(N2CCNC(=O)C2C)c(F)c1. The molecule has 1 aliphatic rings. The van der Waals surface area contributed by atoms with Crippen molar-refractivity contribution in [2.75, 3.05) is 38.3 Å². The van der Waals surface area contributed by atoms with Crippen molar-refractivity contribution >= 4 is 11.6 Å². The lowest BCUT2D eigenvalue weighted by molar-refractivity contribution is -0.122. The minimum atomic E-state index is -0.348. The van der Waals surface area contributed by atoms with Crippen LogP contribution in [0.1, 0.15) is 12.5 Å². The van der Waals surface area contributed by atoms with E-state index in [-0.39, 0.29) is 17.8 Å². The van der Waals surface area contributed by atoms with Gasteiger partial charge < -0.3 is 20.3 Å². The molecule has 1 amide bonds. The molecule has 0 aromatic heterocycles. The lowest BCUT2D eigenvalue weighted by Gasteiger charge is -2.34. The van der Waals surface area contributed by atoms with Gasteiger partial charge in [0.15, 0.2) is 0 Å². The Bertz CT molecular complexity index is 496. The summed E-state index contributed by atoms with van der Waals surface area (Å²) in [6.07, 6.45) is 0. The molecule has 0 aliphatic carbocycles.